The smallest absolute Gasteiger partial charge is 0.123 e. The molecule has 0 aromatic carbocycles. The summed E-state index contributed by atoms with van der Waals surface area (Å²) in [5.41, 5.74) is 0. The highest BCUT2D eigenvalue weighted by atomic mass is 16.1. The van der Waals surface area contributed by atoms with Gasteiger partial charge in [0.25, 0.3) is 0 Å². The Morgan fingerprint density at radius 2 is 1.33 bits per heavy atom. The van der Waals surface area contributed by atoms with Crippen LogP contribution < -0.4 is 0 Å². The molecule has 0 unspecified atom stereocenters. The van der Waals surface area contributed by atoms with E-state index in [1.54, 1.807) is 0 Å². The SMILES string of the molecule is O=C[C@@H]1CCCCC[C@@H](C=O)C1. The predicted octanol–water partition coefficient (Wildman–Crippen LogP) is 1.97. The second-order valence-corrected chi connectivity index (χ2v) is 3.67. The first-order chi connectivity index (χ1) is 5.86. The van der Waals surface area contributed by atoms with Crippen molar-refractivity contribution in [1.29, 1.82) is 0 Å². The average Bonchev–Trinajstić information content (AvgIpc) is 2.05. The Morgan fingerprint density at radius 1 is 0.833 bits per heavy atom. The Morgan fingerprint density at radius 3 is 1.75 bits per heavy atom. The molecule has 68 valence electrons. The summed E-state index contributed by atoms with van der Waals surface area (Å²) in [6.45, 7) is 0. The first-order valence-electron chi connectivity index (χ1n) is 4.77. The zero-order valence-electron chi connectivity index (χ0n) is 7.37. The van der Waals surface area contributed by atoms with Crippen molar-refractivity contribution in [2.45, 2.75) is 38.5 Å². The molecule has 0 heterocycles. The lowest BCUT2D eigenvalue weighted by Gasteiger charge is -2.18. The van der Waals surface area contributed by atoms with E-state index in [0.717, 1.165) is 44.7 Å². The van der Waals surface area contributed by atoms with Gasteiger partial charge in [-0.1, -0.05) is 19.3 Å². The number of carbonyl (C=O) groups excluding carboxylic acids is 2. The van der Waals surface area contributed by atoms with Gasteiger partial charge in [-0.3, -0.25) is 0 Å². The van der Waals surface area contributed by atoms with Crippen LogP contribution in [-0.2, 0) is 9.59 Å². The standard InChI is InChI=1S/C10H16O2/c11-7-9-4-2-1-3-5-10(6-9)8-12/h7-10H,1-6H2/t9-,10-/m1/s1. The lowest BCUT2D eigenvalue weighted by molar-refractivity contribution is -0.114. The van der Waals surface area contributed by atoms with Gasteiger partial charge < -0.3 is 9.59 Å². The van der Waals surface area contributed by atoms with Crippen molar-refractivity contribution in [3.63, 3.8) is 0 Å². The van der Waals surface area contributed by atoms with E-state index in [9.17, 15) is 9.59 Å². The highest BCUT2D eigenvalue weighted by Crippen LogP contribution is 2.24. The summed E-state index contributed by atoms with van der Waals surface area (Å²) < 4.78 is 0. The van der Waals surface area contributed by atoms with E-state index in [4.69, 9.17) is 0 Å². The van der Waals surface area contributed by atoms with Crippen LogP contribution in [0.3, 0.4) is 0 Å². The van der Waals surface area contributed by atoms with Crippen molar-refractivity contribution in [1.82, 2.24) is 0 Å². The van der Waals surface area contributed by atoms with Crippen molar-refractivity contribution in [3.05, 3.63) is 0 Å². The summed E-state index contributed by atoms with van der Waals surface area (Å²) in [6.07, 6.45) is 8.25. The molecule has 2 heteroatoms. The molecular weight excluding hydrogens is 152 g/mol. The third-order valence-electron chi connectivity index (χ3n) is 2.64. The van der Waals surface area contributed by atoms with E-state index in [0.29, 0.717) is 0 Å². The van der Waals surface area contributed by atoms with E-state index < -0.39 is 0 Å². The molecule has 1 fully saturated rings. The Labute approximate surface area is 73.3 Å². The van der Waals surface area contributed by atoms with E-state index in [2.05, 4.69) is 0 Å². The Balaban J connectivity index is 2.43. The topological polar surface area (TPSA) is 34.1 Å². The predicted molar refractivity (Wildman–Crippen MR) is 46.8 cm³/mol. The maximum atomic E-state index is 10.6. The maximum absolute atomic E-state index is 10.6. The van der Waals surface area contributed by atoms with Crippen LogP contribution in [0.5, 0.6) is 0 Å². The molecule has 0 saturated heterocycles. The van der Waals surface area contributed by atoms with Gasteiger partial charge in [0.1, 0.15) is 12.6 Å². The highest BCUT2D eigenvalue weighted by Gasteiger charge is 2.17. The average molecular weight is 168 g/mol. The van der Waals surface area contributed by atoms with Gasteiger partial charge in [-0.2, -0.15) is 0 Å². The van der Waals surface area contributed by atoms with Gasteiger partial charge in [-0.25, -0.2) is 0 Å². The Kier molecular flexibility index (Phi) is 3.98. The summed E-state index contributed by atoms with van der Waals surface area (Å²) in [7, 11) is 0. The molecule has 0 aromatic rings. The van der Waals surface area contributed by atoms with Crippen molar-refractivity contribution >= 4 is 12.6 Å². The van der Waals surface area contributed by atoms with Crippen LogP contribution in [0.25, 0.3) is 0 Å². The molecule has 0 bridgehead atoms. The zero-order valence-corrected chi connectivity index (χ0v) is 7.37. The van der Waals surface area contributed by atoms with Crippen LogP contribution in [0.15, 0.2) is 0 Å². The van der Waals surface area contributed by atoms with Gasteiger partial charge in [-0.05, 0) is 19.3 Å². The number of rotatable bonds is 2. The second-order valence-electron chi connectivity index (χ2n) is 3.67. The van der Waals surface area contributed by atoms with Crippen molar-refractivity contribution < 1.29 is 9.59 Å². The molecule has 1 aliphatic carbocycles. The summed E-state index contributed by atoms with van der Waals surface area (Å²) in [4.78, 5) is 21.1. The molecule has 1 aliphatic rings. The summed E-state index contributed by atoms with van der Waals surface area (Å²) >= 11 is 0. The van der Waals surface area contributed by atoms with E-state index in [-0.39, 0.29) is 11.8 Å². The van der Waals surface area contributed by atoms with E-state index >= 15 is 0 Å². The summed E-state index contributed by atoms with van der Waals surface area (Å²) in [5, 5.41) is 0. The van der Waals surface area contributed by atoms with Crippen molar-refractivity contribution in [2.75, 3.05) is 0 Å². The molecule has 1 rings (SSSR count). The van der Waals surface area contributed by atoms with Crippen molar-refractivity contribution in [3.8, 4) is 0 Å². The van der Waals surface area contributed by atoms with Crippen LogP contribution >= 0.6 is 0 Å². The van der Waals surface area contributed by atoms with E-state index in [1.165, 1.54) is 6.42 Å². The molecule has 0 amide bonds. The molecule has 1 saturated carbocycles. The van der Waals surface area contributed by atoms with Gasteiger partial charge in [0, 0.05) is 11.8 Å². The first-order valence-corrected chi connectivity index (χ1v) is 4.77. The monoisotopic (exact) mass is 168 g/mol. The number of aldehydes is 2. The lowest BCUT2D eigenvalue weighted by atomic mass is 9.86. The van der Waals surface area contributed by atoms with Crippen LogP contribution in [0.1, 0.15) is 38.5 Å². The molecule has 2 nitrogen and oxygen atoms in total. The number of hydrogen-bond donors (Lipinski definition) is 0. The molecule has 2 atom stereocenters. The highest BCUT2D eigenvalue weighted by molar-refractivity contribution is 5.57. The third kappa shape index (κ3) is 2.76. The van der Waals surface area contributed by atoms with Crippen LogP contribution in [0, 0.1) is 11.8 Å². The fourth-order valence-electron chi connectivity index (χ4n) is 1.86. The Bertz CT molecular complexity index is 138. The molecule has 12 heavy (non-hydrogen) atoms. The van der Waals surface area contributed by atoms with Gasteiger partial charge in [0.05, 0.1) is 0 Å². The maximum Gasteiger partial charge on any atom is 0.123 e. The number of carbonyl (C=O) groups is 2. The normalized spacial score (nSPS) is 31.7. The van der Waals surface area contributed by atoms with Gasteiger partial charge in [0.15, 0.2) is 0 Å². The lowest BCUT2D eigenvalue weighted by Crippen LogP contribution is -2.14. The minimum atomic E-state index is 0.139. The molecular formula is C10H16O2. The quantitative estimate of drug-likeness (QED) is 0.591. The third-order valence-corrected chi connectivity index (χ3v) is 2.64. The minimum Gasteiger partial charge on any atom is -0.303 e. The fourth-order valence-corrected chi connectivity index (χ4v) is 1.86. The Hall–Kier alpha value is -0.660. The minimum absolute atomic E-state index is 0.139. The van der Waals surface area contributed by atoms with Crippen LogP contribution in [-0.4, -0.2) is 12.6 Å². The summed E-state index contributed by atoms with van der Waals surface area (Å²) in [5.74, 6) is 0.279. The molecule has 0 aliphatic heterocycles. The fraction of sp³-hybridized carbons (Fsp3) is 0.800. The van der Waals surface area contributed by atoms with Crippen LogP contribution in [0.4, 0.5) is 0 Å². The number of hydrogen-bond acceptors (Lipinski definition) is 2. The van der Waals surface area contributed by atoms with E-state index in [1.807, 2.05) is 0 Å². The van der Waals surface area contributed by atoms with Gasteiger partial charge in [-0.15, -0.1) is 0 Å². The molecule has 0 aromatic heterocycles. The first kappa shape index (κ1) is 9.43. The van der Waals surface area contributed by atoms with Crippen molar-refractivity contribution in [2.24, 2.45) is 11.8 Å². The molecule has 0 spiro atoms. The van der Waals surface area contributed by atoms with Gasteiger partial charge >= 0.3 is 0 Å². The zero-order chi connectivity index (χ0) is 8.81. The van der Waals surface area contributed by atoms with Gasteiger partial charge in [0.2, 0.25) is 0 Å². The molecule has 0 N–H and O–H groups in total. The second kappa shape index (κ2) is 5.07. The largest absolute Gasteiger partial charge is 0.303 e. The summed E-state index contributed by atoms with van der Waals surface area (Å²) in [6, 6.07) is 0. The van der Waals surface area contributed by atoms with Crippen LogP contribution in [0.2, 0.25) is 0 Å². The molecule has 0 radical (unpaired) electrons.